The lowest BCUT2D eigenvalue weighted by Gasteiger charge is -2.25. The van der Waals surface area contributed by atoms with Gasteiger partial charge in [0.2, 0.25) is 0 Å². The van der Waals surface area contributed by atoms with Crippen molar-refractivity contribution in [1.82, 2.24) is 15.0 Å². The van der Waals surface area contributed by atoms with E-state index >= 15 is 0 Å². The van der Waals surface area contributed by atoms with E-state index in [1.165, 1.54) is 5.56 Å². The van der Waals surface area contributed by atoms with Crippen molar-refractivity contribution in [3.63, 3.8) is 0 Å². The minimum Gasteiger partial charge on any atom is -0.310 e. The highest BCUT2D eigenvalue weighted by molar-refractivity contribution is 5.32. The molecule has 2 aromatic heterocycles. The van der Waals surface area contributed by atoms with Crippen molar-refractivity contribution in [2.75, 3.05) is 0 Å². The molecule has 4 nitrogen and oxygen atoms in total. The Morgan fingerprint density at radius 2 is 2.14 bits per heavy atom. The third-order valence-electron chi connectivity index (χ3n) is 4.02. The molecule has 110 valence electrons. The highest BCUT2D eigenvalue weighted by Crippen LogP contribution is 2.34. The number of aryl methyl sites for hydroxylation is 1. The maximum atomic E-state index is 12.0. The van der Waals surface area contributed by atoms with Gasteiger partial charge in [0.05, 0.1) is 11.4 Å². The van der Waals surface area contributed by atoms with E-state index in [2.05, 4.69) is 36.8 Å². The van der Waals surface area contributed by atoms with Gasteiger partial charge in [-0.2, -0.15) is 0 Å². The SMILES string of the molecule is CC(C)(C)c1nc(C2CCCc3cccnc32)cc(=O)[nH]1. The number of H-pyrrole nitrogens is 1. The van der Waals surface area contributed by atoms with E-state index in [-0.39, 0.29) is 16.9 Å². The van der Waals surface area contributed by atoms with Gasteiger partial charge in [-0.25, -0.2) is 4.98 Å². The molecule has 0 amide bonds. The second-order valence-electron chi connectivity index (χ2n) is 6.76. The van der Waals surface area contributed by atoms with Gasteiger partial charge in [0, 0.05) is 23.6 Å². The van der Waals surface area contributed by atoms with E-state index in [1.807, 2.05) is 12.3 Å². The summed E-state index contributed by atoms with van der Waals surface area (Å²) in [5, 5.41) is 0. The van der Waals surface area contributed by atoms with Gasteiger partial charge in [-0.3, -0.25) is 9.78 Å². The molecule has 0 radical (unpaired) electrons. The molecule has 1 unspecified atom stereocenters. The Bertz CT molecular complexity index is 712. The van der Waals surface area contributed by atoms with Crippen molar-refractivity contribution in [2.45, 2.75) is 51.4 Å². The maximum absolute atomic E-state index is 12.0. The minimum absolute atomic E-state index is 0.0759. The maximum Gasteiger partial charge on any atom is 0.251 e. The Morgan fingerprint density at radius 1 is 1.33 bits per heavy atom. The quantitative estimate of drug-likeness (QED) is 0.875. The summed E-state index contributed by atoms with van der Waals surface area (Å²) in [7, 11) is 0. The summed E-state index contributed by atoms with van der Waals surface area (Å²) in [6.45, 7) is 6.17. The molecule has 21 heavy (non-hydrogen) atoms. The average molecular weight is 283 g/mol. The molecule has 0 fully saturated rings. The lowest BCUT2D eigenvalue weighted by molar-refractivity contribution is 0.525. The number of fused-ring (bicyclic) bond motifs is 1. The second kappa shape index (κ2) is 5.10. The fourth-order valence-electron chi connectivity index (χ4n) is 2.91. The first-order chi connectivity index (χ1) is 9.95. The number of nitrogens with one attached hydrogen (secondary N) is 1. The van der Waals surface area contributed by atoms with Crippen LogP contribution in [0.25, 0.3) is 0 Å². The van der Waals surface area contributed by atoms with Crippen LogP contribution in [-0.4, -0.2) is 15.0 Å². The fourth-order valence-corrected chi connectivity index (χ4v) is 2.91. The van der Waals surface area contributed by atoms with Crippen molar-refractivity contribution >= 4 is 0 Å². The summed E-state index contributed by atoms with van der Waals surface area (Å²) in [4.78, 5) is 24.1. The highest BCUT2D eigenvalue weighted by atomic mass is 16.1. The molecule has 0 spiro atoms. The van der Waals surface area contributed by atoms with Crippen LogP contribution in [0.1, 0.15) is 62.3 Å². The first-order valence-electron chi connectivity index (χ1n) is 7.50. The zero-order valence-electron chi connectivity index (χ0n) is 12.8. The number of pyridine rings is 1. The largest absolute Gasteiger partial charge is 0.310 e. The van der Waals surface area contributed by atoms with E-state index in [1.54, 1.807) is 6.07 Å². The lowest BCUT2D eigenvalue weighted by atomic mass is 9.84. The van der Waals surface area contributed by atoms with Gasteiger partial charge in [0.25, 0.3) is 5.56 Å². The van der Waals surface area contributed by atoms with Crippen LogP contribution in [0.4, 0.5) is 0 Å². The Balaban J connectivity index is 2.10. The molecule has 0 bridgehead atoms. The van der Waals surface area contributed by atoms with Crippen LogP contribution in [0.15, 0.2) is 29.2 Å². The van der Waals surface area contributed by atoms with E-state index < -0.39 is 0 Å². The van der Waals surface area contributed by atoms with Gasteiger partial charge in [0.1, 0.15) is 5.82 Å². The Hall–Kier alpha value is -1.97. The molecule has 0 saturated carbocycles. The summed E-state index contributed by atoms with van der Waals surface area (Å²) in [6.07, 6.45) is 5.01. The highest BCUT2D eigenvalue weighted by Gasteiger charge is 2.26. The first-order valence-corrected chi connectivity index (χ1v) is 7.50. The molecular formula is C17H21N3O. The molecule has 0 aromatic carbocycles. The second-order valence-corrected chi connectivity index (χ2v) is 6.76. The fraction of sp³-hybridized carbons (Fsp3) is 0.471. The van der Waals surface area contributed by atoms with Crippen LogP contribution in [0, 0.1) is 0 Å². The normalized spacial score (nSPS) is 18.3. The summed E-state index contributed by atoms with van der Waals surface area (Å²) < 4.78 is 0. The zero-order valence-corrected chi connectivity index (χ0v) is 12.8. The standard InChI is InChI=1S/C17H21N3O/c1-17(2,3)16-19-13(10-14(21)20-16)12-8-4-6-11-7-5-9-18-15(11)12/h5,7,9-10,12H,4,6,8H2,1-3H3,(H,19,20,21). The van der Waals surface area contributed by atoms with Gasteiger partial charge >= 0.3 is 0 Å². The Kier molecular flexibility index (Phi) is 3.40. The van der Waals surface area contributed by atoms with E-state index in [4.69, 9.17) is 4.98 Å². The molecule has 0 saturated heterocycles. The summed E-state index contributed by atoms with van der Waals surface area (Å²) >= 11 is 0. The third-order valence-corrected chi connectivity index (χ3v) is 4.02. The van der Waals surface area contributed by atoms with Gasteiger partial charge in [0.15, 0.2) is 0 Å². The summed E-state index contributed by atoms with van der Waals surface area (Å²) in [5.41, 5.74) is 2.97. The van der Waals surface area contributed by atoms with Gasteiger partial charge in [-0.15, -0.1) is 0 Å². The zero-order chi connectivity index (χ0) is 15.0. The molecule has 1 N–H and O–H groups in total. The Morgan fingerprint density at radius 3 is 2.90 bits per heavy atom. The molecule has 3 rings (SSSR count). The summed E-state index contributed by atoms with van der Waals surface area (Å²) in [6, 6.07) is 5.74. The number of aromatic nitrogens is 3. The first kappa shape index (κ1) is 14.0. The molecule has 1 aliphatic carbocycles. The molecular weight excluding hydrogens is 262 g/mol. The van der Waals surface area contributed by atoms with E-state index in [0.29, 0.717) is 0 Å². The molecule has 4 heteroatoms. The predicted octanol–water partition coefficient (Wildman–Crippen LogP) is 2.93. The van der Waals surface area contributed by atoms with E-state index in [0.717, 1.165) is 36.5 Å². The van der Waals surface area contributed by atoms with Gasteiger partial charge in [-0.05, 0) is 30.9 Å². The van der Waals surface area contributed by atoms with Crippen molar-refractivity contribution < 1.29 is 0 Å². The molecule has 2 aromatic rings. The monoisotopic (exact) mass is 283 g/mol. The number of hydrogen-bond acceptors (Lipinski definition) is 3. The Labute approximate surface area is 124 Å². The molecule has 2 heterocycles. The van der Waals surface area contributed by atoms with Crippen molar-refractivity contribution in [3.8, 4) is 0 Å². The van der Waals surface area contributed by atoms with Gasteiger partial charge < -0.3 is 4.98 Å². The van der Waals surface area contributed by atoms with Gasteiger partial charge in [-0.1, -0.05) is 26.8 Å². The van der Waals surface area contributed by atoms with Crippen LogP contribution in [0.3, 0.4) is 0 Å². The van der Waals surface area contributed by atoms with Crippen molar-refractivity contribution in [2.24, 2.45) is 0 Å². The number of aromatic amines is 1. The smallest absolute Gasteiger partial charge is 0.251 e. The van der Waals surface area contributed by atoms with E-state index in [9.17, 15) is 4.79 Å². The average Bonchev–Trinajstić information content (AvgIpc) is 2.45. The number of rotatable bonds is 1. The van der Waals surface area contributed by atoms with Crippen LogP contribution in [0.5, 0.6) is 0 Å². The topological polar surface area (TPSA) is 58.6 Å². The minimum atomic E-state index is -0.170. The molecule has 0 aliphatic heterocycles. The molecule has 1 atom stereocenters. The molecule has 1 aliphatic rings. The predicted molar refractivity (Wildman–Crippen MR) is 82.6 cm³/mol. The third kappa shape index (κ3) is 2.75. The van der Waals surface area contributed by atoms with Crippen LogP contribution >= 0.6 is 0 Å². The lowest BCUT2D eigenvalue weighted by Crippen LogP contribution is -2.25. The van der Waals surface area contributed by atoms with Crippen molar-refractivity contribution in [3.05, 3.63) is 57.5 Å². The van der Waals surface area contributed by atoms with Crippen LogP contribution in [0.2, 0.25) is 0 Å². The van der Waals surface area contributed by atoms with Crippen molar-refractivity contribution in [1.29, 1.82) is 0 Å². The van der Waals surface area contributed by atoms with Crippen LogP contribution in [-0.2, 0) is 11.8 Å². The number of nitrogens with zero attached hydrogens (tertiary/aromatic N) is 2. The van der Waals surface area contributed by atoms with Crippen LogP contribution < -0.4 is 5.56 Å². The number of hydrogen-bond donors (Lipinski definition) is 1. The summed E-state index contributed by atoms with van der Waals surface area (Å²) in [5.74, 6) is 0.881.